The molecule has 164 valence electrons. The van der Waals surface area contributed by atoms with Gasteiger partial charge in [-0.05, 0) is 36.4 Å². The third-order valence-electron chi connectivity index (χ3n) is 7.87. The molecule has 2 aliphatic heterocycles. The standard InChI is InChI=1S/C26H20N4O2Si2/c1-33(2)11-9-17-23(33)27-21-13-5-6-14-20-16(8-7-15(19(13)20)25(31)29(17)21)26(32)30-18-10-12-34(3,4)24(18)28-22(14)30/h5-12H,1-4H3. The largest absolute Gasteiger partial charge is 0.268 e. The fourth-order valence-corrected chi connectivity index (χ4v) is 10.1. The summed E-state index contributed by atoms with van der Waals surface area (Å²) in [4.78, 5) is 37.6. The number of hydrogen-bond acceptors (Lipinski definition) is 4. The summed E-state index contributed by atoms with van der Waals surface area (Å²) < 4.78 is 3.54. The zero-order chi connectivity index (χ0) is 23.3. The summed E-state index contributed by atoms with van der Waals surface area (Å²) in [5.74, 6) is 0. The van der Waals surface area contributed by atoms with E-state index in [1.807, 2.05) is 12.1 Å². The Hall–Kier alpha value is -3.63. The average molecular weight is 477 g/mol. The van der Waals surface area contributed by atoms with Gasteiger partial charge in [-0.1, -0.05) is 37.6 Å². The quantitative estimate of drug-likeness (QED) is 0.250. The molecule has 0 spiro atoms. The van der Waals surface area contributed by atoms with Crippen molar-refractivity contribution in [2.24, 2.45) is 0 Å². The number of hydrogen-bond donors (Lipinski definition) is 0. The molecule has 0 unspecified atom stereocenters. The monoisotopic (exact) mass is 476 g/mol. The van der Waals surface area contributed by atoms with Crippen molar-refractivity contribution >= 4 is 82.5 Å². The fraction of sp³-hybridized carbons (Fsp3) is 0.154. The minimum Gasteiger partial charge on any atom is -0.268 e. The molecule has 0 fully saturated rings. The first-order valence-electron chi connectivity index (χ1n) is 11.5. The number of fused-ring (bicyclic) bond motifs is 8. The Morgan fingerprint density at radius 1 is 0.618 bits per heavy atom. The van der Waals surface area contributed by atoms with Crippen LogP contribution in [0.15, 0.2) is 45.3 Å². The zero-order valence-corrected chi connectivity index (χ0v) is 21.2. The van der Waals surface area contributed by atoms with E-state index in [1.165, 1.54) is 0 Å². The van der Waals surface area contributed by atoms with Gasteiger partial charge < -0.3 is 0 Å². The van der Waals surface area contributed by atoms with E-state index in [4.69, 9.17) is 9.97 Å². The summed E-state index contributed by atoms with van der Waals surface area (Å²) in [7, 11) is -3.64. The molecule has 8 rings (SSSR count). The lowest BCUT2D eigenvalue weighted by atomic mass is 9.96. The van der Waals surface area contributed by atoms with Gasteiger partial charge in [0.05, 0.1) is 22.0 Å². The minimum absolute atomic E-state index is 0.0726. The zero-order valence-electron chi connectivity index (χ0n) is 19.2. The fourth-order valence-electron chi connectivity index (χ4n) is 6.09. The lowest BCUT2D eigenvalue weighted by molar-refractivity contribution is 1.13. The van der Waals surface area contributed by atoms with Crippen LogP contribution < -0.4 is 21.8 Å². The van der Waals surface area contributed by atoms with Crippen LogP contribution in [0, 0.1) is 0 Å². The van der Waals surface area contributed by atoms with Gasteiger partial charge in [-0.3, -0.25) is 18.4 Å². The number of imidazole rings is 2. The number of rotatable bonds is 0. The van der Waals surface area contributed by atoms with Crippen molar-refractivity contribution < 1.29 is 0 Å². The van der Waals surface area contributed by atoms with Crippen LogP contribution in [0.1, 0.15) is 11.4 Å². The van der Waals surface area contributed by atoms with Gasteiger partial charge in [0.25, 0.3) is 11.1 Å². The average Bonchev–Trinajstić information content (AvgIpc) is 3.52. The van der Waals surface area contributed by atoms with Crippen LogP contribution in [0.5, 0.6) is 0 Å². The summed E-state index contributed by atoms with van der Waals surface area (Å²) in [5, 5.41) is 6.83. The molecule has 6 aromatic rings. The maximum atomic E-state index is 13.8. The van der Waals surface area contributed by atoms with Gasteiger partial charge in [0, 0.05) is 32.3 Å². The van der Waals surface area contributed by atoms with Gasteiger partial charge in [-0.15, -0.1) is 0 Å². The molecule has 0 atom stereocenters. The molecule has 2 aliphatic rings. The maximum absolute atomic E-state index is 13.8. The van der Waals surface area contributed by atoms with Gasteiger partial charge in [0.2, 0.25) is 0 Å². The molecule has 0 amide bonds. The second-order valence-electron chi connectivity index (χ2n) is 10.8. The van der Waals surface area contributed by atoms with Crippen LogP contribution in [0.3, 0.4) is 0 Å². The Labute approximate surface area is 195 Å². The highest BCUT2D eigenvalue weighted by molar-refractivity contribution is 6.96. The first-order chi connectivity index (χ1) is 16.2. The Balaban J connectivity index is 1.64. The SMILES string of the molecule is C[Si]1(C)C=Cc2c1nc1c3ccc4c5c(ccc(c(=O)n21)c35)c(=O)n1c2c(nc41)[Si](C)(C)C=C2. The molecule has 0 saturated carbocycles. The predicted octanol–water partition coefficient (Wildman–Crippen LogP) is 3.00. The molecular weight excluding hydrogens is 456 g/mol. The van der Waals surface area contributed by atoms with Crippen LogP contribution in [0.2, 0.25) is 26.2 Å². The van der Waals surface area contributed by atoms with E-state index in [9.17, 15) is 9.59 Å². The highest BCUT2D eigenvalue weighted by Crippen LogP contribution is 2.36. The molecule has 0 N–H and O–H groups in total. The third-order valence-corrected chi connectivity index (χ3v) is 13.0. The van der Waals surface area contributed by atoms with Gasteiger partial charge in [-0.25, -0.2) is 9.97 Å². The van der Waals surface area contributed by atoms with Crippen LogP contribution in [0.4, 0.5) is 0 Å². The Kier molecular flexibility index (Phi) is 2.96. The van der Waals surface area contributed by atoms with Crippen molar-refractivity contribution in [3.05, 3.63) is 67.8 Å². The van der Waals surface area contributed by atoms with E-state index in [0.29, 0.717) is 22.1 Å². The van der Waals surface area contributed by atoms with Gasteiger partial charge in [0.15, 0.2) is 0 Å². The molecule has 0 aliphatic carbocycles. The number of aromatic nitrogens is 4. The van der Waals surface area contributed by atoms with E-state index in [0.717, 1.165) is 43.6 Å². The molecule has 8 heteroatoms. The number of nitrogens with zero attached hydrogens (tertiary/aromatic N) is 4. The normalized spacial score (nSPS) is 17.9. The third kappa shape index (κ3) is 1.88. The van der Waals surface area contributed by atoms with E-state index in [1.54, 1.807) is 8.80 Å². The van der Waals surface area contributed by atoms with Crippen molar-refractivity contribution in [2.75, 3.05) is 0 Å². The van der Waals surface area contributed by atoms with Crippen molar-refractivity contribution in [3.8, 4) is 0 Å². The van der Waals surface area contributed by atoms with Gasteiger partial charge >= 0.3 is 0 Å². The highest BCUT2D eigenvalue weighted by atomic mass is 28.3. The molecule has 0 radical (unpaired) electrons. The van der Waals surface area contributed by atoms with Crippen molar-refractivity contribution in [1.29, 1.82) is 0 Å². The lowest BCUT2D eigenvalue weighted by Crippen LogP contribution is -2.39. The summed E-state index contributed by atoms with van der Waals surface area (Å²) in [5.41, 5.74) is 7.53. The molecule has 4 aromatic heterocycles. The highest BCUT2D eigenvalue weighted by Gasteiger charge is 2.35. The van der Waals surface area contributed by atoms with Gasteiger partial charge in [0.1, 0.15) is 27.4 Å². The van der Waals surface area contributed by atoms with E-state index in [2.05, 4.69) is 61.9 Å². The summed E-state index contributed by atoms with van der Waals surface area (Å²) in [6.07, 6.45) is 4.12. The van der Waals surface area contributed by atoms with Crippen molar-refractivity contribution in [3.63, 3.8) is 0 Å². The summed E-state index contributed by atoms with van der Waals surface area (Å²) >= 11 is 0. The van der Waals surface area contributed by atoms with E-state index in [-0.39, 0.29) is 11.1 Å². The number of pyridine rings is 2. The smallest absolute Gasteiger partial charge is 0.264 e. The molecule has 0 saturated heterocycles. The first kappa shape index (κ1) is 18.8. The Morgan fingerprint density at radius 2 is 1.00 bits per heavy atom. The van der Waals surface area contributed by atoms with Crippen LogP contribution in [0.25, 0.3) is 55.8 Å². The molecule has 2 aromatic carbocycles. The predicted molar refractivity (Wildman–Crippen MR) is 144 cm³/mol. The number of benzene rings is 2. The Morgan fingerprint density at radius 3 is 1.41 bits per heavy atom. The Bertz CT molecular complexity index is 1960. The first-order valence-corrected chi connectivity index (χ1v) is 17.7. The van der Waals surface area contributed by atoms with Gasteiger partial charge in [-0.2, -0.15) is 0 Å². The molecule has 6 heterocycles. The topological polar surface area (TPSA) is 68.7 Å². The van der Waals surface area contributed by atoms with Crippen LogP contribution in [-0.4, -0.2) is 34.9 Å². The molecule has 0 bridgehead atoms. The van der Waals surface area contributed by atoms with Crippen molar-refractivity contribution in [1.82, 2.24) is 18.8 Å². The van der Waals surface area contributed by atoms with Crippen molar-refractivity contribution in [2.45, 2.75) is 26.2 Å². The summed E-state index contributed by atoms with van der Waals surface area (Å²) in [6, 6.07) is 7.75. The molecule has 6 nitrogen and oxygen atoms in total. The minimum atomic E-state index is -1.82. The molecule has 34 heavy (non-hydrogen) atoms. The van der Waals surface area contributed by atoms with Crippen LogP contribution >= 0.6 is 0 Å². The lowest BCUT2D eigenvalue weighted by Gasteiger charge is -2.12. The van der Waals surface area contributed by atoms with E-state index < -0.39 is 16.1 Å². The van der Waals surface area contributed by atoms with Crippen LogP contribution in [-0.2, 0) is 0 Å². The molecular formula is C26H20N4O2Si2. The van der Waals surface area contributed by atoms with E-state index >= 15 is 0 Å². The summed E-state index contributed by atoms with van der Waals surface area (Å²) in [6.45, 7) is 8.99. The maximum Gasteiger partial charge on any atom is 0.264 e. The second-order valence-corrected chi connectivity index (χ2v) is 19.3. The second kappa shape index (κ2) is 5.37.